The van der Waals surface area contributed by atoms with Crippen LogP contribution in [-0.2, 0) is 25.4 Å². The zero-order chi connectivity index (χ0) is 21.3. The topological polar surface area (TPSA) is 90.9 Å². The number of aryl methyl sites for hydroxylation is 4. The third kappa shape index (κ3) is 4.00. The average Bonchev–Trinajstić information content (AvgIpc) is 3.04. The van der Waals surface area contributed by atoms with Gasteiger partial charge < -0.3 is 9.88 Å². The van der Waals surface area contributed by atoms with Crippen molar-refractivity contribution in [2.45, 2.75) is 38.9 Å². The summed E-state index contributed by atoms with van der Waals surface area (Å²) in [4.78, 5) is 41.8. The van der Waals surface area contributed by atoms with E-state index in [0.717, 1.165) is 27.8 Å². The van der Waals surface area contributed by atoms with Crippen molar-refractivity contribution < 1.29 is 4.79 Å². The number of amides is 1. The average molecular weight is 416 g/mol. The van der Waals surface area contributed by atoms with Gasteiger partial charge in [-0.15, -0.1) is 0 Å². The Balaban J connectivity index is 1.89. The van der Waals surface area contributed by atoms with Crippen LogP contribution in [0.1, 0.15) is 24.5 Å². The first kappa shape index (κ1) is 20.9. The summed E-state index contributed by atoms with van der Waals surface area (Å²) in [6.45, 7) is 6.53. The molecule has 0 aliphatic carbocycles. The second kappa shape index (κ2) is 8.28. The molecule has 0 spiro atoms. The number of thioether (sulfide) groups is 1. The monoisotopic (exact) mass is 415 g/mol. The number of fused-ring (bicyclic) bond motifs is 1. The fourth-order valence-electron chi connectivity index (χ4n) is 3.24. The van der Waals surface area contributed by atoms with E-state index in [0.29, 0.717) is 22.9 Å². The third-order valence-electron chi connectivity index (χ3n) is 4.75. The molecule has 1 amide bonds. The first-order valence-electron chi connectivity index (χ1n) is 9.40. The quantitative estimate of drug-likeness (QED) is 0.623. The molecule has 2 aromatic heterocycles. The van der Waals surface area contributed by atoms with Crippen LogP contribution in [0.25, 0.3) is 11.2 Å². The maximum absolute atomic E-state index is 12.7. The molecule has 0 bridgehead atoms. The van der Waals surface area contributed by atoms with Crippen LogP contribution in [0.2, 0.25) is 0 Å². The Hall–Kier alpha value is -2.81. The van der Waals surface area contributed by atoms with E-state index in [9.17, 15) is 14.4 Å². The van der Waals surface area contributed by atoms with Crippen LogP contribution in [0.3, 0.4) is 0 Å². The van der Waals surface area contributed by atoms with Gasteiger partial charge in [0.25, 0.3) is 5.56 Å². The summed E-state index contributed by atoms with van der Waals surface area (Å²) in [6.07, 6.45) is 0.791. The van der Waals surface area contributed by atoms with Gasteiger partial charge in [0.15, 0.2) is 16.3 Å². The van der Waals surface area contributed by atoms with Gasteiger partial charge in [-0.3, -0.25) is 18.7 Å². The van der Waals surface area contributed by atoms with Gasteiger partial charge in [-0.05, 0) is 31.9 Å². The minimum atomic E-state index is -0.423. The van der Waals surface area contributed by atoms with E-state index in [-0.39, 0.29) is 17.2 Å². The number of nitrogens with one attached hydrogen (secondary N) is 1. The SMILES string of the molecule is CCCn1c(SCC(=O)Nc2ccc(C)cc2C)nc2c1c(=O)n(C)c(=O)n2C. The van der Waals surface area contributed by atoms with Crippen LogP contribution in [0, 0.1) is 13.8 Å². The van der Waals surface area contributed by atoms with Crippen LogP contribution < -0.4 is 16.6 Å². The normalized spacial score (nSPS) is 11.2. The van der Waals surface area contributed by atoms with Crippen molar-refractivity contribution >= 4 is 34.5 Å². The molecule has 1 aromatic carbocycles. The van der Waals surface area contributed by atoms with Gasteiger partial charge in [0.05, 0.1) is 5.75 Å². The molecule has 0 atom stereocenters. The largest absolute Gasteiger partial charge is 0.332 e. The molecule has 0 unspecified atom stereocenters. The molecule has 29 heavy (non-hydrogen) atoms. The fourth-order valence-corrected chi connectivity index (χ4v) is 4.06. The highest BCUT2D eigenvalue weighted by Gasteiger charge is 2.19. The molecule has 0 fully saturated rings. The first-order valence-corrected chi connectivity index (χ1v) is 10.4. The Labute approximate surface area is 172 Å². The highest BCUT2D eigenvalue weighted by atomic mass is 32.2. The molecule has 2 heterocycles. The molecular formula is C20H25N5O3S. The van der Waals surface area contributed by atoms with Crippen LogP contribution in [0.4, 0.5) is 5.69 Å². The smallest absolute Gasteiger partial charge is 0.325 e. The molecule has 8 nitrogen and oxygen atoms in total. The zero-order valence-corrected chi connectivity index (χ0v) is 18.1. The molecule has 3 rings (SSSR count). The summed E-state index contributed by atoms with van der Waals surface area (Å²) in [5, 5.41) is 3.47. The van der Waals surface area contributed by atoms with Crippen molar-refractivity contribution in [3.05, 3.63) is 50.2 Å². The van der Waals surface area contributed by atoms with E-state index < -0.39 is 5.69 Å². The van der Waals surface area contributed by atoms with Gasteiger partial charge in [-0.25, -0.2) is 9.78 Å². The lowest BCUT2D eigenvalue weighted by Crippen LogP contribution is -2.37. The molecule has 0 aliphatic rings. The summed E-state index contributed by atoms with van der Waals surface area (Å²) in [6, 6.07) is 5.85. The summed E-state index contributed by atoms with van der Waals surface area (Å²) >= 11 is 1.25. The lowest BCUT2D eigenvalue weighted by molar-refractivity contribution is -0.113. The lowest BCUT2D eigenvalue weighted by atomic mass is 10.1. The van der Waals surface area contributed by atoms with Crippen molar-refractivity contribution in [2.24, 2.45) is 14.1 Å². The maximum Gasteiger partial charge on any atom is 0.332 e. The van der Waals surface area contributed by atoms with Gasteiger partial charge in [-0.2, -0.15) is 0 Å². The highest BCUT2D eigenvalue weighted by Crippen LogP contribution is 2.23. The first-order chi connectivity index (χ1) is 13.7. The van der Waals surface area contributed by atoms with Crippen LogP contribution in [-0.4, -0.2) is 30.3 Å². The number of aromatic nitrogens is 4. The zero-order valence-electron chi connectivity index (χ0n) is 17.3. The number of hydrogen-bond donors (Lipinski definition) is 1. The number of rotatable bonds is 6. The number of imidazole rings is 1. The molecule has 9 heteroatoms. The van der Waals surface area contributed by atoms with Crippen molar-refractivity contribution in [2.75, 3.05) is 11.1 Å². The van der Waals surface area contributed by atoms with E-state index >= 15 is 0 Å². The van der Waals surface area contributed by atoms with Crippen molar-refractivity contribution in [3.8, 4) is 0 Å². The molecule has 154 valence electrons. The summed E-state index contributed by atoms with van der Waals surface area (Å²) in [5.41, 5.74) is 2.83. The number of hydrogen-bond acceptors (Lipinski definition) is 5. The number of benzene rings is 1. The van der Waals surface area contributed by atoms with Crippen LogP contribution >= 0.6 is 11.8 Å². The Morgan fingerprint density at radius 3 is 2.55 bits per heavy atom. The second-order valence-corrected chi connectivity index (χ2v) is 8.02. The lowest BCUT2D eigenvalue weighted by Gasteiger charge is -2.10. The molecule has 0 radical (unpaired) electrons. The number of carbonyl (C=O) groups is 1. The predicted octanol–water partition coefficient (Wildman–Crippen LogP) is 2.19. The van der Waals surface area contributed by atoms with Gasteiger partial charge in [-0.1, -0.05) is 36.4 Å². The van der Waals surface area contributed by atoms with Crippen LogP contribution in [0.15, 0.2) is 32.9 Å². The standard InChI is InChI=1S/C20H25N5O3S/c1-6-9-25-16-17(23(4)20(28)24(5)18(16)27)22-19(25)29-11-15(26)21-14-8-7-12(2)10-13(14)3/h7-8,10H,6,9,11H2,1-5H3,(H,21,26). The molecule has 0 saturated carbocycles. The Kier molecular flexibility index (Phi) is 5.97. The number of carbonyl (C=O) groups excluding carboxylic acids is 1. The van der Waals surface area contributed by atoms with E-state index in [2.05, 4.69) is 10.3 Å². The molecule has 1 N–H and O–H groups in total. The second-order valence-electron chi connectivity index (χ2n) is 7.08. The van der Waals surface area contributed by atoms with E-state index in [1.54, 1.807) is 11.6 Å². The van der Waals surface area contributed by atoms with Gasteiger partial charge in [0.2, 0.25) is 5.91 Å². The van der Waals surface area contributed by atoms with Gasteiger partial charge in [0.1, 0.15) is 0 Å². The molecule has 0 saturated heterocycles. The van der Waals surface area contributed by atoms with E-state index in [4.69, 9.17) is 0 Å². The maximum atomic E-state index is 12.7. The summed E-state index contributed by atoms with van der Waals surface area (Å²) in [7, 11) is 3.05. The Morgan fingerprint density at radius 1 is 1.17 bits per heavy atom. The number of nitrogens with zero attached hydrogens (tertiary/aromatic N) is 4. The minimum Gasteiger partial charge on any atom is -0.325 e. The predicted molar refractivity (Wildman–Crippen MR) is 116 cm³/mol. The Bertz CT molecular complexity index is 1210. The van der Waals surface area contributed by atoms with Crippen molar-refractivity contribution in [1.29, 1.82) is 0 Å². The third-order valence-corrected chi connectivity index (χ3v) is 5.72. The fraction of sp³-hybridized carbons (Fsp3) is 0.400. The van der Waals surface area contributed by atoms with Gasteiger partial charge >= 0.3 is 5.69 Å². The molecular weight excluding hydrogens is 390 g/mol. The van der Waals surface area contributed by atoms with E-state index in [1.165, 1.54) is 23.4 Å². The molecule has 0 aliphatic heterocycles. The van der Waals surface area contributed by atoms with E-state index in [1.807, 2.05) is 39.0 Å². The van der Waals surface area contributed by atoms with Crippen molar-refractivity contribution in [3.63, 3.8) is 0 Å². The summed E-state index contributed by atoms with van der Waals surface area (Å²) < 4.78 is 4.24. The van der Waals surface area contributed by atoms with Gasteiger partial charge in [0, 0.05) is 26.3 Å². The highest BCUT2D eigenvalue weighted by molar-refractivity contribution is 7.99. The summed E-state index contributed by atoms with van der Waals surface area (Å²) in [5.74, 6) is -0.00641. The number of anilines is 1. The Morgan fingerprint density at radius 2 is 1.90 bits per heavy atom. The van der Waals surface area contributed by atoms with Crippen molar-refractivity contribution in [1.82, 2.24) is 18.7 Å². The van der Waals surface area contributed by atoms with Crippen LogP contribution in [0.5, 0.6) is 0 Å². The molecule has 3 aromatic rings. The minimum absolute atomic E-state index is 0.147.